The number of carbonyl (C=O) groups is 1. The number of hydrogen-bond acceptors (Lipinski definition) is 5. The Hall–Kier alpha value is -3.98. The maximum atomic E-state index is 13.4. The number of nitrogens with one attached hydrogen (secondary N) is 1. The Balaban J connectivity index is 1.66. The monoisotopic (exact) mass is 477 g/mol. The molecule has 1 atom stereocenters. The van der Waals surface area contributed by atoms with E-state index in [0.717, 1.165) is 22.5 Å². The molecule has 1 fully saturated rings. The summed E-state index contributed by atoms with van der Waals surface area (Å²) in [5.41, 5.74) is 3.62. The van der Waals surface area contributed by atoms with Crippen molar-refractivity contribution in [3.63, 3.8) is 0 Å². The standard InChI is InChI=1S/C26H28FN5O3/c1-17-15-31(16-29-17)23-10-5-19(14-24(23)35-3)13-22-25(34)32(26(30-22)28-11-4-12-33)18(2)20-6-8-21(27)9-7-20/h5-10,13-16,18,33H,4,11-12H2,1-3H3,(H,28,30)/t18-/m1/s1. The van der Waals surface area contributed by atoms with Crippen molar-refractivity contribution in [2.45, 2.75) is 26.3 Å². The molecule has 0 spiro atoms. The van der Waals surface area contributed by atoms with Gasteiger partial charge < -0.3 is 19.7 Å². The van der Waals surface area contributed by atoms with E-state index >= 15 is 0 Å². The van der Waals surface area contributed by atoms with Crippen LogP contribution in [0.3, 0.4) is 0 Å². The number of aliphatic hydroxyl groups excluding tert-OH is 1. The highest BCUT2D eigenvalue weighted by Gasteiger charge is 2.36. The molecule has 1 amide bonds. The van der Waals surface area contributed by atoms with Gasteiger partial charge in [0, 0.05) is 19.3 Å². The zero-order valence-electron chi connectivity index (χ0n) is 19.9. The highest BCUT2D eigenvalue weighted by molar-refractivity contribution is 6.15. The Kier molecular flexibility index (Phi) is 7.26. The van der Waals surface area contributed by atoms with Crippen molar-refractivity contribution in [1.82, 2.24) is 19.8 Å². The molecule has 0 bridgehead atoms. The number of aliphatic imine (C=N–C) groups is 1. The smallest absolute Gasteiger partial charge is 0.277 e. The van der Waals surface area contributed by atoms with E-state index in [2.05, 4.69) is 15.3 Å². The fourth-order valence-corrected chi connectivity index (χ4v) is 3.90. The SMILES string of the molecule is COc1cc(C=C2NC(=NCCCO)N([C@H](C)c3ccc(F)cc3)C2=O)ccc1-n1cnc(C)c1. The van der Waals surface area contributed by atoms with E-state index in [0.29, 0.717) is 30.4 Å². The number of benzene rings is 2. The first kappa shape index (κ1) is 24.2. The Morgan fingerprint density at radius 2 is 2.03 bits per heavy atom. The molecule has 1 aliphatic heterocycles. The van der Waals surface area contributed by atoms with E-state index in [9.17, 15) is 9.18 Å². The van der Waals surface area contributed by atoms with Gasteiger partial charge in [-0.05, 0) is 61.7 Å². The van der Waals surface area contributed by atoms with Crippen LogP contribution in [0.4, 0.5) is 4.39 Å². The lowest BCUT2D eigenvalue weighted by atomic mass is 10.1. The van der Waals surface area contributed by atoms with Crippen LogP contribution in [-0.2, 0) is 4.79 Å². The zero-order valence-corrected chi connectivity index (χ0v) is 19.9. The molecule has 9 heteroatoms. The van der Waals surface area contributed by atoms with E-state index in [-0.39, 0.29) is 24.4 Å². The maximum Gasteiger partial charge on any atom is 0.277 e. The number of amides is 1. The topological polar surface area (TPSA) is 92.0 Å². The molecule has 8 nitrogen and oxygen atoms in total. The second-order valence-corrected chi connectivity index (χ2v) is 8.22. The first-order valence-corrected chi connectivity index (χ1v) is 11.3. The number of carbonyl (C=O) groups excluding carboxylic acids is 1. The second kappa shape index (κ2) is 10.5. The molecular weight excluding hydrogens is 449 g/mol. The molecule has 2 aromatic carbocycles. The highest BCUT2D eigenvalue weighted by Crippen LogP contribution is 2.29. The van der Waals surface area contributed by atoms with Gasteiger partial charge >= 0.3 is 0 Å². The molecule has 0 saturated carbocycles. The molecule has 2 heterocycles. The first-order chi connectivity index (χ1) is 16.9. The highest BCUT2D eigenvalue weighted by atomic mass is 19.1. The van der Waals surface area contributed by atoms with Gasteiger partial charge in [0.25, 0.3) is 5.91 Å². The van der Waals surface area contributed by atoms with Gasteiger partial charge in [-0.1, -0.05) is 18.2 Å². The predicted molar refractivity (Wildman–Crippen MR) is 132 cm³/mol. The fraction of sp³-hybridized carbons (Fsp3) is 0.269. The van der Waals surface area contributed by atoms with Crippen LogP contribution >= 0.6 is 0 Å². The van der Waals surface area contributed by atoms with E-state index < -0.39 is 0 Å². The van der Waals surface area contributed by atoms with Crippen LogP contribution in [0.5, 0.6) is 5.75 Å². The van der Waals surface area contributed by atoms with Crippen molar-refractivity contribution in [2.75, 3.05) is 20.3 Å². The lowest BCUT2D eigenvalue weighted by molar-refractivity contribution is -0.123. The average Bonchev–Trinajstić information content (AvgIpc) is 3.42. The summed E-state index contributed by atoms with van der Waals surface area (Å²) < 4.78 is 20.9. The Morgan fingerprint density at radius 1 is 1.26 bits per heavy atom. The summed E-state index contributed by atoms with van der Waals surface area (Å²) in [5, 5.41) is 12.3. The van der Waals surface area contributed by atoms with Crippen LogP contribution in [0.1, 0.15) is 36.2 Å². The minimum Gasteiger partial charge on any atom is -0.495 e. The average molecular weight is 478 g/mol. The number of aromatic nitrogens is 2. The number of hydrogen-bond donors (Lipinski definition) is 2. The van der Waals surface area contributed by atoms with Crippen molar-refractivity contribution < 1.29 is 19.0 Å². The van der Waals surface area contributed by atoms with Crippen LogP contribution in [-0.4, -0.2) is 51.7 Å². The second-order valence-electron chi connectivity index (χ2n) is 8.22. The van der Waals surface area contributed by atoms with Gasteiger partial charge in [-0.3, -0.25) is 14.7 Å². The Morgan fingerprint density at radius 3 is 2.69 bits per heavy atom. The van der Waals surface area contributed by atoms with Crippen LogP contribution in [0.2, 0.25) is 0 Å². The molecule has 1 aliphatic rings. The molecular formula is C26H28FN5O3. The van der Waals surface area contributed by atoms with Crippen molar-refractivity contribution in [3.8, 4) is 11.4 Å². The number of halogens is 1. The fourth-order valence-electron chi connectivity index (χ4n) is 3.90. The van der Waals surface area contributed by atoms with Gasteiger partial charge in [0.05, 0.1) is 30.9 Å². The normalized spacial score (nSPS) is 16.7. The molecule has 1 aromatic heterocycles. The summed E-state index contributed by atoms with van der Waals surface area (Å²) in [6.07, 6.45) is 5.84. The summed E-state index contributed by atoms with van der Waals surface area (Å²) in [6.45, 7) is 4.14. The first-order valence-electron chi connectivity index (χ1n) is 11.3. The number of imidazole rings is 1. The Labute approximate surface area is 203 Å². The summed E-state index contributed by atoms with van der Waals surface area (Å²) >= 11 is 0. The maximum absolute atomic E-state index is 13.4. The molecule has 0 radical (unpaired) electrons. The van der Waals surface area contributed by atoms with E-state index in [1.54, 1.807) is 36.5 Å². The molecule has 35 heavy (non-hydrogen) atoms. The summed E-state index contributed by atoms with van der Waals surface area (Å²) in [7, 11) is 1.59. The number of ether oxygens (including phenoxy) is 1. The van der Waals surface area contributed by atoms with Crippen molar-refractivity contribution in [2.24, 2.45) is 4.99 Å². The molecule has 0 unspecified atom stereocenters. The summed E-state index contributed by atoms with van der Waals surface area (Å²) in [4.78, 5) is 23.7. The van der Waals surface area contributed by atoms with Gasteiger partial charge in [-0.15, -0.1) is 0 Å². The van der Waals surface area contributed by atoms with E-state index in [1.807, 2.05) is 42.8 Å². The third-order valence-electron chi connectivity index (χ3n) is 5.75. The minimum atomic E-state index is -0.379. The number of aliphatic hydroxyl groups is 1. The van der Waals surface area contributed by atoms with Crippen LogP contribution in [0, 0.1) is 12.7 Å². The number of guanidine groups is 1. The van der Waals surface area contributed by atoms with Crippen molar-refractivity contribution in [1.29, 1.82) is 0 Å². The minimum absolute atomic E-state index is 0.00349. The number of nitrogens with zero attached hydrogens (tertiary/aromatic N) is 4. The molecule has 2 N–H and O–H groups in total. The molecule has 182 valence electrons. The Bertz CT molecular complexity index is 1270. The molecule has 3 aromatic rings. The quantitative estimate of drug-likeness (QED) is 0.382. The molecule has 0 aliphatic carbocycles. The van der Waals surface area contributed by atoms with Gasteiger partial charge in [0.15, 0.2) is 0 Å². The molecule has 4 rings (SSSR count). The summed E-state index contributed by atoms with van der Waals surface area (Å²) in [6, 6.07) is 11.3. The van der Waals surface area contributed by atoms with Crippen LogP contribution in [0.25, 0.3) is 11.8 Å². The van der Waals surface area contributed by atoms with Gasteiger partial charge in [-0.2, -0.15) is 0 Å². The van der Waals surface area contributed by atoms with Crippen LogP contribution < -0.4 is 10.1 Å². The number of aryl methyl sites for hydroxylation is 1. The van der Waals surface area contributed by atoms with E-state index in [1.165, 1.54) is 12.1 Å². The third kappa shape index (κ3) is 5.25. The number of methoxy groups -OCH3 is 1. The lowest BCUT2D eigenvalue weighted by Crippen LogP contribution is -2.35. The van der Waals surface area contributed by atoms with E-state index in [4.69, 9.17) is 9.84 Å². The number of rotatable bonds is 8. The van der Waals surface area contributed by atoms with Gasteiger partial charge in [0.1, 0.15) is 17.3 Å². The van der Waals surface area contributed by atoms with Crippen LogP contribution in [0.15, 0.2) is 65.7 Å². The summed E-state index contributed by atoms with van der Waals surface area (Å²) in [5.74, 6) is 0.435. The van der Waals surface area contributed by atoms with Gasteiger partial charge in [0.2, 0.25) is 5.96 Å². The zero-order chi connectivity index (χ0) is 24.9. The largest absolute Gasteiger partial charge is 0.495 e. The third-order valence-corrected chi connectivity index (χ3v) is 5.75. The molecule has 1 saturated heterocycles. The van der Waals surface area contributed by atoms with Gasteiger partial charge in [-0.25, -0.2) is 9.37 Å². The van der Waals surface area contributed by atoms with Crippen molar-refractivity contribution >= 4 is 17.9 Å². The predicted octanol–water partition coefficient (Wildman–Crippen LogP) is 3.60. The van der Waals surface area contributed by atoms with Crippen molar-refractivity contribution in [3.05, 3.63) is 83.3 Å². The lowest BCUT2D eigenvalue weighted by Gasteiger charge is -2.23.